The first-order valence-corrected chi connectivity index (χ1v) is 7.32. The molecule has 0 aliphatic heterocycles. The van der Waals surface area contributed by atoms with Crippen LogP contribution in [0.1, 0.15) is 19.4 Å². The van der Waals surface area contributed by atoms with Crippen molar-refractivity contribution in [3.63, 3.8) is 0 Å². The fourth-order valence-corrected chi connectivity index (χ4v) is 2.59. The third kappa shape index (κ3) is 2.66. The van der Waals surface area contributed by atoms with Crippen molar-refractivity contribution in [1.82, 2.24) is 0 Å². The van der Waals surface area contributed by atoms with Gasteiger partial charge in [0.2, 0.25) is 0 Å². The van der Waals surface area contributed by atoms with Crippen molar-refractivity contribution in [2.45, 2.75) is 19.4 Å². The molecule has 0 fully saturated rings. The Morgan fingerprint density at radius 1 is 0.955 bits per heavy atom. The number of ketones is 1. The summed E-state index contributed by atoms with van der Waals surface area (Å²) in [5.41, 5.74) is -0.344. The quantitative estimate of drug-likeness (QED) is 0.575. The third-order valence-electron chi connectivity index (χ3n) is 3.82. The molecule has 3 aromatic carbocycles. The highest BCUT2D eigenvalue weighted by molar-refractivity contribution is 6.09. The van der Waals surface area contributed by atoms with E-state index in [1.807, 2.05) is 30.3 Å². The van der Waals surface area contributed by atoms with Crippen molar-refractivity contribution in [3.05, 3.63) is 66.2 Å². The molecule has 0 saturated carbocycles. The molecule has 0 heterocycles. The number of carbonyl (C=O) groups excluding carboxylic acids is 1. The second kappa shape index (κ2) is 5.39. The van der Waals surface area contributed by atoms with E-state index in [-0.39, 0.29) is 5.78 Å². The van der Waals surface area contributed by atoms with E-state index >= 15 is 0 Å². The van der Waals surface area contributed by atoms with E-state index in [0.29, 0.717) is 0 Å². The third-order valence-corrected chi connectivity index (χ3v) is 3.82. The number of benzene rings is 3. The highest BCUT2D eigenvalue weighted by Gasteiger charge is 2.20. The van der Waals surface area contributed by atoms with Gasteiger partial charge in [-0.2, -0.15) is 0 Å². The van der Waals surface area contributed by atoms with Gasteiger partial charge in [0.15, 0.2) is 5.78 Å². The zero-order chi connectivity index (χ0) is 15.7. The highest BCUT2D eigenvalue weighted by Crippen LogP contribution is 2.29. The van der Waals surface area contributed by atoms with Crippen molar-refractivity contribution in [1.29, 1.82) is 0 Å². The Hall–Kier alpha value is -2.45. The van der Waals surface area contributed by atoms with Crippen LogP contribution in [0.4, 0.5) is 0 Å². The van der Waals surface area contributed by atoms with Gasteiger partial charge in [-0.25, -0.2) is 0 Å². The summed E-state index contributed by atoms with van der Waals surface area (Å²) in [6.07, 6.45) is 3.28. The first kappa shape index (κ1) is 14.5. The molecule has 0 radical (unpaired) electrons. The summed E-state index contributed by atoms with van der Waals surface area (Å²) < 4.78 is 0. The van der Waals surface area contributed by atoms with E-state index in [9.17, 15) is 9.90 Å². The summed E-state index contributed by atoms with van der Waals surface area (Å²) in [4.78, 5) is 12.0. The van der Waals surface area contributed by atoms with Crippen LogP contribution in [-0.2, 0) is 4.79 Å². The second-order valence-corrected chi connectivity index (χ2v) is 5.99. The normalized spacial score (nSPS) is 12.3. The lowest BCUT2D eigenvalue weighted by Crippen LogP contribution is -2.29. The fraction of sp³-hybridized carbons (Fsp3) is 0.150. The minimum absolute atomic E-state index is 0.301. The summed E-state index contributed by atoms with van der Waals surface area (Å²) in [5.74, 6) is -0.301. The lowest BCUT2D eigenvalue weighted by Gasteiger charge is -2.12. The van der Waals surface area contributed by atoms with Gasteiger partial charge in [-0.15, -0.1) is 0 Å². The summed E-state index contributed by atoms with van der Waals surface area (Å²) in [6, 6.07) is 18.4. The summed E-state index contributed by atoms with van der Waals surface area (Å²) in [6.45, 7) is 3.00. The molecule has 0 spiro atoms. The molecule has 0 aliphatic rings. The number of hydrogen-bond donors (Lipinski definition) is 1. The Balaban J connectivity index is 2.25. The zero-order valence-electron chi connectivity index (χ0n) is 12.7. The van der Waals surface area contributed by atoms with Gasteiger partial charge in [-0.3, -0.25) is 4.79 Å². The molecule has 0 aromatic heterocycles. The Bertz CT molecular complexity index is 829. The van der Waals surface area contributed by atoms with Crippen LogP contribution >= 0.6 is 0 Å². The monoisotopic (exact) mass is 290 g/mol. The van der Waals surface area contributed by atoms with E-state index in [0.717, 1.165) is 27.1 Å². The molecule has 3 aromatic rings. The Morgan fingerprint density at radius 3 is 1.95 bits per heavy atom. The average Bonchev–Trinajstić information content (AvgIpc) is 2.50. The Kier molecular flexibility index (Phi) is 3.55. The zero-order valence-corrected chi connectivity index (χ0v) is 12.7. The van der Waals surface area contributed by atoms with Gasteiger partial charge in [-0.1, -0.05) is 54.6 Å². The van der Waals surface area contributed by atoms with Crippen LogP contribution in [0.3, 0.4) is 0 Å². The van der Waals surface area contributed by atoms with Gasteiger partial charge >= 0.3 is 0 Å². The number of hydrogen-bond acceptors (Lipinski definition) is 2. The molecule has 0 aliphatic carbocycles. The molecule has 1 N–H and O–H groups in total. The molecule has 2 heteroatoms. The van der Waals surface area contributed by atoms with E-state index in [1.54, 1.807) is 0 Å². The molecular weight excluding hydrogens is 272 g/mol. The van der Waals surface area contributed by atoms with Gasteiger partial charge in [0.05, 0.1) is 0 Å². The van der Waals surface area contributed by atoms with Gasteiger partial charge in [-0.05, 0) is 53.1 Å². The topological polar surface area (TPSA) is 37.3 Å². The minimum atomic E-state index is -1.35. The fourth-order valence-electron chi connectivity index (χ4n) is 2.59. The van der Waals surface area contributed by atoms with E-state index < -0.39 is 5.60 Å². The number of fused-ring (bicyclic) bond motifs is 2. The van der Waals surface area contributed by atoms with Crippen molar-refractivity contribution < 1.29 is 9.90 Å². The summed E-state index contributed by atoms with van der Waals surface area (Å²) in [5, 5.41) is 14.3. The second-order valence-electron chi connectivity index (χ2n) is 5.99. The van der Waals surface area contributed by atoms with Crippen LogP contribution in [-0.4, -0.2) is 16.5 Å². The smallest absolute Gasteiger partial charge is 0.186 e. The maximum absolute atomic E-state index is 12.0. The summed E-state index contributed by atoms with van der Waals surface area (Å²) in [7, 11) is 0. The molecule has 0 saturated heterocycles. The standard InChI is InChI=1S/C20H18O2/c1-20(2,22)19(21)12-11-18-16-9-5-3-7-14(16)13-15-8-4-6-10-17(15)18/h3-13,22H,1-2H3. The average molecular weight is 290 g/mol. The maximum Gasteiger partial charge on any atom is 0.186 e. The molecule has 22 heavy (non-hydrogen) atoms. The van der Waals surface area contributed by atoms with E-state index in [2.05, 4.69) is 30.3 Å². The molecule has 0 atom stereocenters. The van der Waals surface area contributed by atoms with E-state index in [4.69, 9.17) is 0 Å². The van der Waals surface area contributed by atoms with Crippen LogP contribution < -0.4 is 0 Å². The van der Waals surface area contributed by atoms with Gasteiger partial charge < -0.3 is 5.11 Å². The summed E-state index contributed by atoms with van der Waals surface area (Å²) >= 11 is 0. The molecular formula is C20H18O2. The number of carbonyl (C=O) groups is 1. The predicted octanol–water partition coefficient (Wildman–Crippen LogP) is 4.35. The van der Waals surface area contributed by atoms with Crippen LogP contribution in [0, 0.1) is 0 Å². The molecule has 3 rings (SSSR count). The maximum atomic E-state index is 12.0. The van der Waals surface area contributed by atoms with Crippen LogP contribution in [0.2, 0.25) is 0 Å². The van der Waals surface area contributed by atoms with Gasteiger partial charge in [0, 0.05) is 0 Å². The highest BCUT2D eigenvalue weighted by atomic mass is 16.3. The first-order chi connectivity index (χ1) is 10.5. The largest absolute Gasteiger partial charge is 0.382 e. The number of aliphatic hydroxyl groups is 1. The van der Waals surface area contributed by atoms with Crippen molar-refractivity contribution in [3.8, 4) is 0 Å². The molecule has 0 bridgehead atoms. The van der Waals surface area contributed by atoms with Crippen LogP contribution in [0.5, 0.6) is 0 Å². The van der Waals surface area contributed by atoms with E-state index in [1.165, 1.54) is 19.9 Å². The lowest BCUT2D eigenvalue weighted by atomic mass is 9.95. The molecule has 0 unspecified atom stereocenters. The van der Waals surface area contributed by atoms with Crippen LogP contribution in [0.25, 0.3) is 27.6 Å². The lowest BCUT2D eigenvalue weighted by molar-refractivity contribution is -0.128. The van der Waals surface area contributed by atoms with Crippen molar-refractivity contribution in [2.75, 3.05) is 0 Å². The predicted molar refractivity (Wildman–Crippen MR) is 91.8 cm³/mol. The first-order valence-electron chi connectivity index (χ1n) is 7.32. The van der Waals surface area contributed by atoms with Crippen molar-refractivity contribution in [2.24, 2.45) is 0 Å². The van der Waals surface area contributed by atoms with Crippen LogP contribution in [0.15, 0.2) is 60.7 Å². The Labute approximate surface area is 129 Å². The van der Waals surface area contributed by atoms with Crippen molar-refractivity contribution >= 4 is 33.4 Å². The molecule has 110 valence electrons. The molecule has 0 amide bonds. The van der Waals surface area contributed by atoms with Gasteiger partial charge in [0.25, 0.3) is 0 Å². The number of rotatable bonds is 3. The Morgan fingerprint density at radius 2 is 1.45 bits per heavy atom. The SMILES string of the molecule is CC(C)(O)C(=O)C=Cc1c2ccccc2cc2ccccc12. The van der Waals surface area contributed by atoms with Gasteiger partial charge in [0.1, 0.15) is 5.60 Å². The molecule has 2 nitrogen and oxygen atoms in total. The minimum Gasteiger partial charge on any atom is -0.382 e.